The molecule has 0 amide bonds. The van der Waals surface area contributed by atoms with Gasteiger partial charge in [-0.1, -0.05) is 12.1 Å². The Kier molecular flexibility index (Phi) is 2.40. The van der Waals surface area contributed by atoms with Crippen molar-refractivity contribution < 1.29 is 9.90 Å². The maximum atomic E-state index is 10.8. The molecule has 1 aliphatic rings. The van der Waals surface area contributed by atoms with Crippen LogP contribution in [-0.4, -0.2) is 17.1 Å². The van der Waals surface area contributed by atoms with Crippen molar-refractivity contribution in [3.63, 3.8) is 0 Å². The second-order valence-corrected chi connectivity index (χ2v) is 3.53. The first kappa shape index (κ1) is 9.69. The van der Waals surface area contributed by atoms with Gasteiger partial charge in [-0.25, -0.2) is 0 Å². The molecule has 2 rings (SSSR count). The molecule has 0 bridgehead atoms. The molecular weight excluding hydrogens is 192 g/mol. The lowest BCUT2D eigenvalue weighted by atomic mass is 9.92. The number of fused-ring (bicyclic) bond motifs is 1. The third-order valence-corrected chi connectivity index (χ3v) is 2.64. The van der Waals surface area contributed by atoms with Crippen molar-refractivity contribution >= 4 is 5.97 Å². The Bertz CT molecular complexity index is 448. The van der Waals surface area contributed by atoms with Crippen molar-refractivity contribution in [2.24, 2.45) is 0 Å². The summed E-state index contributed by atoms with van der Waals surface area (Å²) in [5.41, 5.74) is 2.47. The lowest BCUT2D eigenvalue weighted by Gasteiger charge is -2.23. The standard InChI is InChI=1S/C11H10N2O2/c12-5-7-2-1-3-8-6-13-10(11(14)15)4-9(7)8/h1-3,10,13H,4,6H2,(H,14,15). The van der Waals surface area contributed by atoms with E-state index >= 15 is 0 Å². The maximum Gasteiger partial charge on any atom is 0.321 e. The van der Waals surface area contributed by atoms with Crippen LogP contribution in [0.2, 0.25) is 0 Å². The lowest BCUT2D eigenvalue weighted by Crippen LogP contribution is -2.41. The zero-order valence-corrected chi connectivity index (χ0v) is 8.03. The van der Waals surface area contributed by atoms with Gasteiger partial charge in [-0.3, -0.25) is 4.79 Å². The monoisotopic (exact) mass is 202 g/mol. The van der Waals surface area contributed by atoms with Crippen molar-refractivity contribution in [1.82, 2.24) is 5.32 Å². The number of nitrogens with one attached hydrogen (secondary N) is 1. The highest BCUT2D eigenvalue weighted by atomic mass is 16.4. The third-order valence-electron chi connectivity index (χ3n) is 2.64. The van der Waals surface area contributed by atoms with E-state index in [0.29, 0.717) is 18.5 Å². The van der Waals surface area contributed by atoms with E-state index in [0.717, 1.165) is 11.1 Å². The third kappa shape index (κ3) is 1.69. The Labute approximate surface area is 87.1 Å². The highest BCUT2D eigenvalue weighted by molar-refractivity contribution is 5.74. The van der Waals surface area contributed by atoms with Crippen molar-refractivity contribution in [2.75, 3.05) is 0 Å². The summed E-state index contributed by atoms with van der Waals surface area (Å²) in [6.07, 6.45) is 0.383. The first-order chi connectivity index (χ1) is 7.22. The van der Waals surface area contributed by atoms with Gasteiger partial charge in [-0.15, -0.1) is 0 Å². The summed E-state index contributed by atoms with van der Waals surface area (Å²) in [6.45, 7) is 0.516. The van der Waals surface area contributed by atoms with Crippen molar-refractivity contribution in [2.45, 2.75) is 19.0 Å². The van der Waals surface area contributed by atoms with E-state index in [9.17, 15) is 4.79 Å². The first-order valence-corrected chi connectivity index (χ1v) is 4.69. The van der Waals surface area contributed by atoms with E-state index < -0.39 is 12.0 Å². The van der Waals surface area contributed by atoms with Gasteiger partial charge in [0.05, 0.1) is 11.6 Å². The fourth-order valence-electron chi connectivity index (χ4n) is 1.83. The molecule has 1 aliphatic heterocycles. The van der Waals surface area contributed by atoms with Crippen LogP contribution in [0.5, 0.6) is 0 Å². The van der Waals surface area contributed by atoms with Crippen molar-refractivity contribution in [1.29, 1.82) is 5.26 Å². The van der Waals surface area contributed by atoms with E-state index in [4.69, 9.17) is 10.4 Å². The van der Waals surface area contributed by atoms with Gasteiger partial charge >= 0.3 is 5.97 Å². The SMILES string of the molecule is N#Cc1cccc2c1CC(C(=O)O)NC2. The van der Waals surface area contributed by atoms with Gasteiger partial charge < -0.3 is 10.4 Å². The fourth-order valence-corrected chi connectivity index (χ4v) is 1.83. The molecule has 0 fully saturated rings. The van der Waals surface area contributed by atoms with Crippen LogP contribution in [0.25, 0.3) is 0 Å². The van der Waals surface area contributed by atoms with Crippen LogP contribution in [0.15, 0.2) is 18.2 Å². The van der Waals surface area contributed by atoms with Crippen LogP contribution in [0.1, 0.15) is 16.7 Å². The van der Waals surface area contributed by atoms with Crippen LogP contribution in [0.3, 0.4) is 0 Å². The fraction of sp³-hybridized carbons (Fsp3) is 0.273. The number of carbonyl (C=O) groups is 1. The molecule has 0 aliphatic carbocycles. The number of carboxylic acids is 1. The minimum atomic E-state index is -0.867. The molecule has 2 N–H and O–H groups in total. The molecule has 1 aromatic carbocycles. The molecule has 0 saturated heterocycles. The zero-order valence-electron chi connectivity index (χ0n) is 8.03. The van der Waals surface area contributed by atoms with Gasteiger partial charge in [0.15, 0.2) is 0 Å². The Hall–Kier alpha value is -1.86. The van der Waals surface area contributed by atoms with Crippen LogP contribution in [0, 0.1) is 11.3 Å². The average Bonchev–Trinajstić information content (AvgIpc) is 2.27. The molecule has 4 heteroatoms. The molecule has 1 aromatic rings. The molecule has 0 aromatic heterocycles. The van der Waals surface area contributed by atoms with Crippen LogP contribution < -0.4 is 5.32 Å². The number of carboxylic acid groups (broad SMARTS) is 1. The van der Waals surface area contributed by atoms with E-state index in [2.05, 4.69) is 11.4 Å². The molecule has 0 radical (unpaired) electrons. The van der Waals surface area contributed by atoms with Crippen molar-refractivity contribution in [3.05, 3.63) is 34.9 Å². The Morgan fingerprint density at radius 3 is 3.07 bits per heavy atom. The average molecular weight is 202 g/mol. The molecular formula is C11H10N2O2. The normalized spacial score (nSPS) is 19.0. The molecule has 4 nitrogen and oxygen atoms in total. The second kappa shape index (κ2) is 3.71. The largest absolute Gasteiger partial charge is 0.480 e. The molecule has 1 atom stereocenters. The summed E-state index contributed by atoms with van der Waals surface area (Å²) in [6, 6.07) is 6.98. The summed E-state index contributed by atoms with van der Waals surface area (Å²) in [7, 11) is 0. The second-order valence-electron chi connectivity index (χ2n) is 3.53. The van der Waals surface area contributed by atoms with E-state index in [1.807, 2.05) is 12.1 Å². The van der Waals surface area contributed by atoms with Gasteiger partial charge in [-0.2, -0.15) is 5.26 Å². The first-order valence-electron chi connectivity index (χ1n) is 4.69. The summed E-state index contributed by atoms with van der Waals surface area (Å²) < 4.78 is 0. The van der Waals surface area contributed by atoms with E-state index in [-0.39, 0.29) is 0 Å². The Morgan fingerprint density at radius 2 is 2.40 bits per heavy atom. The van der Waals surface area contributed by atoms with Crippen LogP contribution >= 0.6 is 0 Å². The summed E-state index contributed by atoms with van der Waals surface area (Å²) >= 11 is 0. The van der Waals surface area contributed by atoms with Gasteiger partial charge in [0, 0.05) is 13.0 Å². The van der Waals surface area contributed by atoms with Crippen molar-refractivity contribution in [3.8, 4) is 6.07 Å². The van der Waals surface area contributed by atoms with Gasteiger partial charge in [0.2, 0.25) is 0 Å². The molecule has 15 heavy (non-hydrogen) atoms. The van der Waals surface area contributed by atoms with E-state index in [1.54, 1.807) is 6.07 Å². The predicted molar refractivity (Wildman–Crippen MR) is 53.1 cm³/mol. The number of aliphatic carboxylic acids is 1. The quantitative estimate of drug-likeness (QED) is 0.701. The number of rotatable bonds is 1. The number of nitriles is 1. The smallest absolute Gasteiger partial charge is 0.321 e. The zero-order chi connectivity index (χ0) is 10.8. The highest BCUT2D eigenvalue weighted by Gasteiger charge is 2.24. The molecule has 1 unspecified atom stereocenters. The summed E-state index contributed by atoms with van der Waals surface area (Å²) in [4.78, 5) is 10.8. The van der Waals surface area contributed by atoms with E-state index in [1.165, 1.54) is 0 Å². The topological polar surface area (TPSA) is 73.1 Å². The maximum absolute atomic E-state index is 10.8. The highest BCUT2D eigenvalue weighted by Crippen LogP contribution is 2.20. The van der Waals surface area contributed by atoms with Gasteiger partial charge in [0.1, 0.15) is 6.04 Å². The minimum absolute atomic E-state index is 0.383. The Morgan fingerprint density at radius 1 is 1.60 bits per heavy atom. The predicted octanol–water partition coefficient (Wildman–Crippen LogP) is 0.657. The molecule has 0 spiro atoms. The summed E-state index contributed by atoms with van der Waals surface area (Å²) in [5, 5.41) is 20.7. The number of hydrogen-bond donors (Lipinski definition) is 2. The van der Waals surface area contributed by atoms with Crippen LogP contribution in [0.4, 0.5) is 0 Å². The molecule has 1 heterocycles. The number of hydrogen-bond acceptors (Lipinski definition) is 3. The number of nitrogens with zero attached hydrogens (tertiary/aromatic N) is 1. The summed E-state index contributed by atoms with van der Waals surface area (Å²) in [5.74, 6) is -0.867. The van der Waals surface area contributed by atoms with Gasteiger partial charge in [0.25, 0.3) is 0 Å². The number of benzene rings is 1. The minimum Gasteiger partial charge on any atom is -0.480 e. The molecule has 76 valence electrons. The van der Waals surface area contributed by atoms with Crippen LogP contribution in [-0.2, 0) is 17.8 Å². The molecule has 0 saturated carbocycles. The lowest BCUT2D eigenvalue weighted by molar-refractivity contribution is -0.139. The Balaban J connectivity index is 2.39. The van der Waals surface area contributed by atoms with Gasteiger partial charge in [-0.05, 0) is 17.2 Å².